The number of aliphatic hydroxyl groups is 30. The number of hydrogen-bond acceptors (Lipinski definition) is 58. The van der Waals surface area contributed by atoms with E-state index in [0.29, 0.717) is 0 Å². The van der Waals surface area contributed by atoms with Gasteiger partial charge in [0, 0.05) is 48.0 Å². The number of carboxylic acids is 1. The highest BCUT2D eigenvalue weighted by molar-refractivity contribution is 5.77. The summed E-state index contributed by atoms with van der Waals surface area (Å²) in [4.78, 5) is 91.4. The first-order valence-electron chi connectivity index (χ1n) is 46.3. The third kappa shape index (κ3) is 26.7. The van der Waals surface area contributed by atoms with Crippen molar-refractivity contribution in [2.24, 2.45) is 0 Å². The molecule has 11 heterocycles. The highest BCUT2D eigenvalue weighted by atomic mass is 16.8. The minimum absolute atomic E-state index is 0.835. The number of ether oxygens (including phenoxy) is 21. The third-order valence-corrected chi connectivity index (χ3v) is 26.4. The quantitative estimate of drug-likeness (QED) is 0.0271. The highest BCUT2D eigenvalue weighted by Gasteiger charge is 2.66. The molecular weight excluding hydrogens is 2000 g/mol. The van der Waals surface area contributed by atoms with Crippen LogP contribution in [0, 0.1) is 0 Å². The standard InChI is InChI=1S/C81H134N6O59/c1-19(98)82-37-25(104)7-81(80(124)125,145-65(37)43(106)26(105)8-88)146-66-48(111)31(13-93)130-76(58(66)121)139-62-35(17-97)134-73(41(53(62)116)86-23(5)102)143-68-55(118)46(109)29(11-91)131-78(68)126-18-36-64(141-71-39(84-21(3)100)49(112)44(107)27(9-89)128-71)67(59(122)77(136-36)140-63-34(16-96)133-72(40(51(63)114)85-22(4)101)137-60-32(14-94)127-70(123)38(50(60)113)83-20(2)99)142-79-69(56(119)47(110)30(12-92)132-79)144-74-42(87-24(6)103)52(115)61(33(15-95)135-74)138-75-57(120)54(117)45(108)28(10-90)129-75/h25-79,88-97,104-123H,7-18H2,1-6H3,(H,82,98)(H,83,99)(H,84,100)(H,85,101)(H,86,102)(H,87,103)(H,124,125)/t25-,26+,27+,28+,29+,30+,31+,32+,33+,34+,35+,36+,37+,38+,39+,40+,41+,42+,43+,44+,45-,46+,47+,48-,49+,50+,51+,52+,53+,54-,55-,56-,57+,58+,59-,60+,61+,62+,63+,64+,65+,66-,67+,68-,69-,70+,71-,72-,73-,74-,75-,76-,77-,78-,79+,81-/m0/s1. The molecule has 6 amide bonds. The van der Waals surface area contributed by atoms with Crippen molar-refractivity contribution in [1.29, 1.82) is 0 Å². The Morgan fingerprint density at radius 3 is 0.966 bits per heavy atom. The number of carboxylic acid groups (broad SMARTS) is 1. The molecule has 37 N–H and O–H groups in total. The summed E-state index contributed by atoms with van der Waals surface area (Å²) in [7, 11) is 0. The fraction of sp³-hybridized carbons (Fsp3) is 0.914. The van der Waals surface area contributed by atoms with Gasteiger partial charge in [-0.3, -0.25) is 28.8 Å². The van der Waals surface area contributed by atoms with Crippen LogP contribution in [0.15, 0.2) is 0 Å². The minimum Gasteiger partial charge on any atom is -0.477 e. The minimum atomic E-state index is -3.36. The number of aliphatic hydroxyl groups excluding tert-OH is 30. The van der Waals surface area contributed by atoms with Gasteiger partial charge in [0.1, 0.15) is 262 Å². The van der Waals surface area contributed by atoms with Crippen LogP contribution in [-0.2, 0) is 133 Å². The molecule has 0 aromatic carbocycles. The van der Waals surface area contributed by atoms with Crippen molar-refractivity contribution < 1.29 is 291 Å². The molecule has 0 spiro atoms. The Hall–Kier alpha value is -5.75. The average molecular weight is 2140 g/mol. The Kier molecular flexibility index (Phi) is 43.3. The zero-order chi connectivity index (χ0) is 108. The van der Waals surface area contributed by atoms with E-state index in [0.717, 1.165) is 41.5 Å². The summed E-state index contributed by atoms with van der Waals surface area (Å²) in [6.07, 6.45) is -113. The molecule has 842 valence electrons. The lowest BCUT2D eigenvalue weighted by atomic mass is 9.88. The Morgan fingerprint density at radius 2 is 0.568 bits per heavy atom. The van der Waals surface area contributed by atoms with Crippen LogP contribution in [0.2, 0.25) is 0 Å². The molecule has 146 heavy (non-hydrogen) atoms. The van der Waals surface area contributed by atoms with Gasteiger partial charge >= 0.3 is 5.97 Å². The van der Waals surface area contributed by atoms with Crippen LogP contribution in [0.5, 0.6) is 0 Å². The topological polar surface area (TPSA) is 1010 Å². The van der Waals surface area contributed by atoms with E-state index in [9.17, 15) is 192 Å². The van der Waals surface area contributed by atoms with E-state index in [-0.39, 0.29) is 0 Å². The molecule has 65 heteroatoms. The Morgan fingerprint density at radius 1 is 0.281 bits per heavy atom. The van der Waals surface area contributed by atoms with Crippen molar-refractivity contribution in [3.8, 4) is 0 Å². The summed E-state index contributed by atoms with van der Waals surface area (Å²) in [6, 6.07) is -12.0. The van der Waals surface area contributed by atoms with E-state index in [2.05, 4.69) is 31.9 Å². The van der Waals surface area contributed by atoms with Crippen LogP contribution < -0.4 is 31.9 Å². The number of amides is 6. The highest BCUT2D eigenvalue weighted by Crippen LogP contribution is 2.44. The SMILES string of the molecule is CC(=O)N[C@@H]1[C@@H](O)[C@H](O[C@@H]2O[C@H](CO)[C@@H](O[C@@H]3O[C@H](CO[C@H]4O[C@H](CO)[C@@H](O)[C@H](O)[C@@H]4O[C@@H]4O[C@H](CO)[C@@H](O[C@@H]5O[C@H](CO)[C@H](O)[C@H](O[C@]6(C(=O)O)C[C@H](O)[C@@H](NC(C)=O)[C@H]([C@H](O)[C@H](O)CO)O6)[C@H]5O)[C@H](O)[C@H]4NC(C)=O)[C@@H](O[C@@H]4O[C@H](CO)[C@@H](O)[C@H](O)[C@H]4NC(C)=O)[C@H](O[C@H]4O[C@H](CO)[C@@H](O)[C@H](O)[C@@H]4O[C@@H]4O[C@H](CO)[C@@H](O[C@@H]5O[C@H](CO)[C@H](O)[C@H](O)[C@H]5O)[C@H](O)[C@H]4NC(C)=O)[C@@H]3O)[C@H](O)[C@H]2NC(C)=O)[C@@H](CO)O[C@H]1O. The van der Waals surface area contributed by atoms with Gasteiger partial charge in [0.25, 0.3) is 5.79 Å². The van der Waals surface area contributed by atoms with Crippen LogP contribution in [-0.4, -0.2) is 615 Å². The molecule has 0 saturated carbocycles. The molecule has 0 radical (unpaired) electrons. The van der Waals surface area contributed by atoms with Crippen LogP contribution in [0.25, 0.3) is 0 Å². The Labute approximate surface area is 825 Å². The monoisotopic (exact) mass is 2130 g/mol. The average Bonchev–Trinajstić information content (AvgIpc) is 0.746. The molecule has 0 unspecified atom stereocenters. The van der Waals surface area contributed by atoms with E-state index < -0.39 is 464 Å². The first kappa shape index (κ1) is 120. The number of aliphatic carboxylic acids is 1. The van der Waals surface area contributed by atoms with E-state index >= 15 is 0 Å². The molecule has 11 aliphatic heterocycles. The van der Waals surface area contributed by atoms with E-state index in [1.54, 1.807) is 0 Å². The zero-order valence-electron chi connectivity index (χ0n) is 78.5. The van der Waals surface area contributed by atoms with Gasteiger partial charge in [0.15, 0.2) is 62.9 Å². The molecule has 11 aliphatic rings. The number of hydrogen-bond donors (Lipinski definition) is 37. The summed E-state index contributed by atoms with van der Waals surface area (Å²) in [6.45, 7) is -8.50. The summed E-state index contributed by atoms with van der Waals surface area (Å²) in [5.74, 6) is -11.6. The molecule has 0 aromatic rings. The maximum Gasteiger partial charge on any atom is 0.364 e. The van der Waals surface area contributed by atoms with Gasteiger partial charge in [0.2, 0.25) is 35.4 Å². The van der Waals surface area contributed by atoms with Gasteiger partial charge in [-0.05, 0) is 0 Å². The van der Waals surface area contributed by atoms with Crippen molar-refractivity contribution in [3.05, 3.63) is 0 Å². The molecule has 0 bridgehead atoms. The van der Waals surface area contributed by atoms with E-state index in [1.165, 1.54) is 0 Å². The van der Waals surface area contributed by atoms with Crippen molar-refractivity contribution in [2.45, 2.75) is 391 Å². The van der Waals surface area contributed by atoms with Crippen molar-refractivity contribution >= 4 is 41.4 Å². The lowest BCUT2D eigenvalue weighted by Gasteiger charge is -2.52. The smallest absolute Gasteiger partial charge is 0.364 e. The number of rotatable bonds is 40. The molecule has 65 nitrogen and oxygen atoms in total. The van der Waals surface area contributed by atoms with Crippen molar-refractivity contribution in [1.82, 2.24) is 31.9 Å². The second-order valence-electron chi connectivity index (χ2n) is 36.7. The fourth-order valence-electron chi connectivity index (χ4n) is 18.9. The maximum absolute atomic E-state index is 13.5. The van der Waals surface area contributed by atoms with Crippen LogP contribution in [0.1, 0.15) is 48.0 Å². The first-order chi connectivity index (χ1) is 68.9. The molecule has 0 aliphatic carbocycles. The van der Waals surface area contributed by atoms with Gasteiger partial charge in [-0.15, -0.1) is 0 Å². The summed E-state index contributed by atoms with van der Waals surface area (Å²) < 4.78 is 128. The predicted molar refractivity (Wildman–Crippen MR) is 449 cm³/mol. The predicted octanol–water partition coefficient (Wildman–Crippen LogP) is -24.9. The van der Waals surface area contributed by atoms with Gasteiger partial charge < -0.3 is 290 Å². The van der Waals surface area contributed by atoms with Gasteiger partial charge in [-0.25, -0.2) is 4.79 Å². The van der Waals surface area contributed by atoms with E-state index in [1.807, 2.05) is 0 Å². The molecular formula is C81H134N6O59. The van der Waals surface area contributed by atoms with Crippen molar-refractivity contribution in [2.75, 3.05) is 72.7 Å². The lowest BCUT2D eigenvalue weighted by Crippen LogP contribution is -2.72. The van der Waals surface area contributed by atoms with Gasteiger partial charge in [-0.1, -0.05) is 0 Å². The number of nitrogens with one attached hydrogen (secondary N) is 6. The second-order valence-corrected chi connectivity index (χ2v) is 36.7. The van der Waals surface area contributed by atoms with E-state index in [4.69, 9.17) is 99.5 Å². The van der Waals surface area contributed by atoms with Gasteiger partial charge in [0.05, 0.1) is 84.8 Å². The molecule has 11 rings (SSSR count). The van der Waals surface area contributed by atoms with Gasteiger partial charge in [-0.2, -0.15) is 0 Å². The fourth-order valence-corrected chi connectivity index (χ4v) is 18.9. The Balaban J connectivity index is 0.994. The molecule has 56 atom stereocenters. The summed E-state index contributed by atoms with van der Waals surface area (Å²) in [5.41, 5.74) is 0. The zero-order valence-corrected chi connectivity index (χ0v) is 78.5. The number of carbonyl (C=O) groups is 7. The summed E-state index contributed by atoms with van der Waals surface area (Å²) in [5, 5.41) is 366. The largest absolute Gasteiger partial charge is 0.477 e. The third-order valence-electron chi connectivity index (χ3n) is 26.4. The number of carbonyl (C=O) groups excluding carboxylic acids is 6. The summed E-state index contributed by atoms with van der Waals surface area (Å²) >= 11 is 0. The maximum atomic E-state index is 13.5. The first-order valence-corrected chi connectivity index (χ1v) is 46.3. The lowest BCUT2D eigenvalue weighted by molar-refractivity contribution is -0.409. The van der Waals surface area contributed by atoms with Crippen LogP contribution in [0.3, 0.4) is 0 Å². The second kappa shape index (κ2) is 52.5. The van der Waals surface area contributed by atoms with Crippen molar-refractivity contribution in [3.63, 3.8) is 0 Å². The normalized spacial score (nSPS) is 47.0. The molecule has 11 saturated heterocycles. The van der Waals surface area contributed by atoms with Crippen LogP contribution in [0.4, 0.5) is 0 Å². The molecule has 0 aromatic heterocycles. The van der Waals surface area contributed by atoms with Crippen LogP contribution >= 0.6 is 0 Å². The molecule has 11 fully saturated rings. The Bertz CT molecular complexity index is 4160.